The number of rotatable bonds is 7. The van der Waals surface area contributed by atoms with Gasteiger partial charge in [-0.15, -0.1) is 0 Å². The Balaban J connectivity index is 1.43. The van der Waals surface area contributed by atoms with Gasteiger partial charge in [-0.3, -0.25) is 4.79 Å². The molecule has 0 saturated heterocycles. The highest BCUT2D eigenvalue weighted by atomic mass is 19.1. The molecule has 1 aromatic rings. The predicted molar refractivity (Wildman–Crippen MR) is 96.5 cm³/mol. The maximum Gasteiger partial charge on any atom is 0.508 e. The minimum Gasteiger partial charge on any atom is -0.461 e. The zero-order valence-electron chi connectivity index (χ0n) is 15.6. The highest BCUT2D eigenvalue weighted by Crippen LogP contribution is 2.48. The predicted octanol–water partition coefficient (Wildman–Crippen LogP) is 4.29. The Hall–Kier alpha value is -2.11. The summed E-state index contributed by atoms with van der Waals surface area (Å²) in [5.41, 5.74) is 0.983. The van der Waals surface area contributed by atoms with Crippen LogP contribution in [-0.2, 0) is 25.6 Å². The van der Waals surface area contributed by atoms with Crippen LogP contribution in [0.2, 0.25) is 0 Å². The van der Waals surface area contributed by atoms with Gasteiger partial charge in [0.25, 0.3) is 0 Å². The minimum absolute atomic E-state index is 0.0817. The average molecular weight is 378 g/mol. The van der Waals surface area contributed by atoms with Crippen LogP contribution in [-0.4, -0.2) is 31.5 Å². The average Bonchev–Trinajstić information content (AvgIpc) is 2.96. The van der Waals surface area contributed by atoms with Crippen LogP contribution in [0, 0.1) is 23.7 Å². The standard InChI is InChI=1S/C21H27FO5/c1-14(22)11-26-21(24)27-13-19-9-16-7-17(19)10-18(8-16)20(23)25-12-15-5-3-2-4-6-15/h2-6,14,16-19H,7-13H2,1H3. The third kappa shape index (κ3) is 5.68. The second-order valence-electron chi connectivity index (χ2n) is 7.77. The van der Waals surface area contributed by atoms with Gasteiger partial charge < -0.3 is 14.2 Å². The number of fused-ring (bicyclic) bond motifs is 2. The van der Waals surface area contributed by atoms with Crippen molar-refractivity contribution in [2.75, 3.05) is 13.2 Å². The highest BCUT2D eigenvalue weighted by molar-refractivity contribution is 5.72. The number of carbonyl (C=O) groups is 2. The summed E-state index contributed by atoms with van der Waals surface area (Å²) in [6.07, 6.45) is 1.59. The van der Waals surface area contributed by atoms with E-state index in [2.05, 4.69) is 0 Å². The van der Waals surface area contributed by atoms with E-state index in [1.807, 2.05) is 30.3 Å². The van der Waals surface area contributed by atoms with Gasteiger partial charge in [-0.25, -0.2) is 9.18 Å². The van der Waals surface area contributed by atoms with Crippen LogP contribution < -0.4 is 0 Å². The first-order chi connectivity index (χ1) is 13.0. The van der Waals surface area contributed by atoms with Gasteiger partial charge in [0.1, 0.15) is 19.4 Å². The molecule has 3 rings (SSSR count). The van der Waals surface area contributed by atoms with Crippen LogP contribution >= 0.6 is 0 Å². The Morgan fingerprint density at radius 3 is 2.59 bits per heavy atom. The van der Waals surface area contributed by atoms with E-state index in [9.17, 15) is 14.0 Å². The monoisotopic (exact) mass is 378 g/mol. The van der Waals surface area contributed by atoms with Gasteiger partial charge >= 0.3 is 12.1 Å². The van der Waals surface area contributed by atoms with E-state index >= 15 is 0 Å². The number of carbonyl (C=O) groups excluding carboxylic acids is 2. The lowest BCUT2D eigenvalue weighted by molar-refractivity contribution is -0.152. The molecule has 0 amide bonds. The zero-order valence-corrected chi connectivity index (χ0v) is 15.6. The van der Waals surface area contributed by atoms with E-state index in [1.165, 1.54) is 6.92 Å². The van der Waals surface area contributed by atoms with Crippen LogP contribution in [0.3, 0.4) is 0 Å². The lowest BCUT2D eigenvalue weighted by Crippen LogP contribution is -2.27. The quantitative estimate of drug-likeness (QED) is 0.662. The maximum absolute atomic E-state index is 12.7. The number of esters is 1. The molecule has 0 aromatic heterocycles. The highest BCUT2D eigenvalue weighted by Gasteiger charge is 2.43. The molecule has 5 nitrogen and oxygen atoms in total. The van der Waals surface area contributed by atoms with Crippen molar-refractivity contribution in [3.8, 4) is 0 Å². The summed E-state index contributed by atoms with van der Waals surface area (Å²) in [4.78, 5) is 24.0. The third-order valence-electron chi connectivity index (χ3n) is 5.55. The van der Waals surface area contributed by atoms with Crippen molar-refractivity contribution in [3.05, 3.63) is 35.9 Å². The topological polar surface area (TPSA) is 61.8 Å². The molecule has 1 aromatic carbocycles. The second-order valence-corrected chi connectivity index (χ2v) is 7.77. The molecule has 5 atom stereocenters. The SMILES string of the molecule is CC(F)COC(=O)OCC1CC2CC(C(=O)OCc3ccccc3)CC1C2. The summed E-state index contributed by atoms with van der Waals surface area (Å²) in [5, 5.41) is 0. The van der Waals surface area contributed by atoms with E-state index < -0.39 is 12.3 Å². The molecule has 0 N–H and O–H groups in total. The van der Waals surface area contributed by atoms with Crippen molar-refractivity contribution in [3.63, 3.8) is 0 Å². The van der Waals surface area contributed by atoms with Gasteiger partial charge in [0.15, 0.2) is 0 Å². The van der Waals surface area contributed by atoms with E-state index in [0.717, 1.165) is 31.2 Å². The molecule has 2 bridgehead atoms. The summed E-state index contributed by atoms with van der Waals surface area (Å²) in [6, 6.07) is 9.66. The summed E-state index contributed by atoms with van der Waals surface area (Å²) in [7, 11) is 0. The molecular weight excluding hydrogens is 351 g/mol. The number of ether oxygens (including phenoxy) is 3. The number of benzene rings is 1. The molecule has 0 radical (unpaired) electrons. The smallest absolute Gasteiger partial charge is 0.461 e. The molecule has 2 aliphatic carbocycles. The van der Waals surface area contributed by atoms with Crippen molar-refractivity contribution in [2.45, 2.75) is 45.4 Å². The van der Waals surface area contributed by atoms with Crippen LogP contribution in [0.1, 0.15) is 38.2 Å². The molecule has 27 heavy (non-hydrogen) atoms. The van der Waals surface area contributed by atoms with E-state index in [0.29, 0.717) is 18.4 Å². The summed E-state index contributed by atoms with van der Waals surface area (Å²) < 4.78 is 28.0. The van der Waals surface area contributed by atoms with Crippen molar-refractivity contribution in [1.29, 1.82) is 0 Å². The first-order valence-corrected chi connectivity index (χ1v) is 9.65. The molecule has 0 heterocycles. The molecule has 0 spiro atoms. The van der Waals surface area contributed by atoms with Crippen molar-refractivity contribution < 1.29 is 28.2 Å². The van der Waals surface area contributed by atoms with Crippen LogP contribution in [0.5, 0.6) is 0 Å². The molecule has 5 unspecified atom stereocenters. The second kappa shape index (κ2) is 9.20. The van der Waals surface area contributed by atoms with Crippen LogP contribution in [0.15, 0.2) is 30.3 Å². The van der Waals surface area contributed by atoms with Gasteiger partial charge in [0.2, 0.25) is 0 Å². The fraction of sp³-hybridized carbons (Fsp3) is 0.619. The number of hydrogen-bond donors (Lipinski definition) is 0. The third-order valence-corrected chi connectivity index (χ3v) is 5.55. The van der Waals surface area contributed by atoms with Gasteiger partial charge in [-0.05, 0) is 55.9 Å². The Labute approximate surface area is 159 Å². The fourth-order valence-corrected chi connectivity index (χ4v) is 4.33. The number of hydrogen-bond acceptors (Lipinski definition) is 5. The van der Waals surface area contributed by atoms with E-state index in [1.54, 1.807) is 0 Å². The lowest BCUT2D eigenvalue weighted by atomic mass is 9.80. The largest absolute Gasteiger partial charge is 0.508 e. The van der Waals surface area contributed by atoms with E-state index in [4.69, 9.17) is 14.2 Å². The normalized spacial score (nSPS) is 27.6. The zero-order chi connectivity index (χ0) is 19.2. The Bertz CT molecular complexity index is 633. The van der Waals surface area contributed by atoms with Crippen LogP contribution in [0.4, 0.5) is 9.18 Å². The molecule has 2 saturated carbocycles. The minimum atomic E-state index is -1.20. The summed E-state index contributed by atoms with van der Waals surface area (Å²) >= 11 is 0. The van der Waals surface area contributed by atoms with Gasteiger partial charge in [0, 0.05) is 0 Å². The molecule has 2 aliphatic rings. The van der Waals surface area contributed by atoms with E-state index in [-0.39, 0.29) is 31.0 Å². The van der Waals surface area contributed by atoms with Crippen LogP contribution in [0.25, 0.3) is 0 Å². The van der Waals surface area contributed by atoms with Gasteiger partial charge in [-0.1, -0.05) is 30.3 Å². The fourth-order valence-electron chi connectivity index (χ4n) is 4.33. The first-order valence-electron chi connectivity index (χ1n) is 9.65. The number of alkyl halides is 1. The molecular formula is C21H27FO5. The Kier molecular flexibility index (Phi) is 6.69. The Morgan fingerprint density at radius 2 is 1.85 bits per heavy atom. The van der Waals surface area contributed by atoms with Gasteiger partial charge in [0.05, 0.1) is 12.5 Å². The molecule has 148 valence electrons. The van der Waals surface area contributed by atoms with Crippen molar-refractivity contribution >= 4 is 12.1 Å². The first kappa shape index (κ1) is 19.6. The molecule has 0 aliphatic heterocycles. The summed E-state index contributed by atoms with van der Waals surface area (Å²) in [6.45, 7) is 1.61. The lowest BCUT2D eigenvalue weighted by Gasteiger charge is -2.27. The maximum atomic E-state index is 12.7. The van der Waals surface area contributed by atoms with Gasteiger partial charge in [-0.2, -0.15) is 0 Å². The molecule has 6 heteroatoms. The molecule has 2 fully saturated rings. The summed E-state index contributed by atoms with van der Waals surface area (Å²) in [5.74, 6) is 0.838. The van der Waals surface area contributed by atoms with Crippen molar-refractivity contribution in [2.24, 2.45) is 23.7 Å². The number of halogens is 1. The Morgan fingerprint density at radius 1 is 1.07 bits per heavy atom. The van der Waals surface area contributed by atoms with Crippen molar-refractivity contribution in [1.82, 2.24) is 0 Å².